The summed E-state index contributed by atoms with van der Waals surface area (Å²) in [6.07, 6.45) is -0.393. The second-order valence-electron chi connectivity index (χ2n) is 7.21. The number of hydrogen-bond donors (Lipinski definition) is 1. The molecular weight excluding hydrogens is 499 g/mol. The van der Waals surface area contributed by atoms with Crippen LogP contribution >= 0.6 is 34.5 Å². The van der Waals surface area contributed by atoms with Crippen molar-refractivity contribution >= 4 is 56.5 Å². The highest BCUT2D eigenvalue weighted by Crippen LogP contribution is 2.37. The van der Waals surface area contributed by atoms with E-state index in [1.807, 2.05) is 13.8 Å². The highest BCUT2D eigenvalue weighted by atomic mass is 35.5. The van der Waals surface area contributed by atoms with Crippen molar-refractivity contribution in [2.45, 2.75) is 31.0 Å². The second kappa shape index (κ2) is 9.08. The molecule has 1 amide bonds. The molecule has 1 aromatic carbocycles. The van der Waals surface area contributed by atoms with Crippen LogP contribution in [0, 0.1) is 0 Å². The molecule has 1 fully saturated rings. The van der Waals surface area contributed by atoms with Crippen molar-refractivity contribution in [3.05, 3.63) is 44.6 Å². The monoisotopic (exact) mass is 516 g/mol. The minimum absolute atomic E-state index is 0.0967. The Hall–Kier alpha value is -2.02. The van der Waals surface area contributed by atoms with Crippen LogP contribution in [0.2, 0.25) is 8.67 Å². The number of carbonyl (C=O) groups excluding carboxylic acids is 1. The summed E-state index contributed by atoms with van der Waals surface area (Å²) in [7, 11) is -3.70. The van der Waals surface area contributed by atoms with Gasteiger partial charge in [-0.2, -0.15) is 4.31 Å². The third kappa shape index (κ3) is 4.82. The number of nitrogens with one attached hydrogen (secondary N) is 1. The number of thiophene rings is 1. The molecule has 1 N–H and O–H groups in total. The number of hydrogen-bond acceptors (Lipinski definition) is 8. The molecule has 9 nitrogen and oxygen atoms in total. The van der Waals surface area contributed by atoms with E-state index in [0.29, 0.717) is 14.2 Å². The van der Waals surface area contributed by atoms with Gasteiger partial charge in [-0.1, -0.05) is 28.3 Å². The first kappa shape index (κ1) is 23.1. The topological polar surface area (TPSA) is 115 Å². The van der Waals surface area contributed by atoms with Gasteiger partial charge in [-0.05, 0) is 44.2 Å². The molecule has 1 saturated heterocycles. The highest BCUT2D eigenvalue weighted by Gasteiger charge is 2.32. The van der Waals surface area contributed by atoms with Gasteiger partial charge in [0, 0.05) is 18.7 Å². The van der Waals surface area contributed by atoms with Crippen LogP contribution in [-0.2, 0) is 14.8 Å². The molecule has 3 heterocycles. The number of amides is 1. The first-order chi connectivity index (χ1) is 15.1. The molecule has 0 saturated carbocycles. The number of morpholine rings is 1. The van der Waals surface area contributed by atoms with Crippen LogP contribution in [0.3, 0.4) is 0 Å². The van der Waals surface area contributed by atoms with E-state index in [-0.39, 0.29) is 47.7 Å². The molecule has 4 rings (SSSR count). The van der Waals surface area contributed by atoms with E-state index in [1.54, 1.807) is 6.07 Å². The number of benzene rings is 1. The number of halogens is 2. The van der Waals surface area contributed by atoms with Gasteiger partial charge in [0.25, 0.3) is 11.8 Å². The van der Waals surface area contributed by atoms with Gasteiger partial charge in [-0.15, -0.1) is 16.4 Å². The third-order valence-corrected chi connectivity index (χ3v) is 8.01. The average molecular weight is 517 g/mol. The van der Waals surface area contributed by atoms with Crippen molar-refractivity contribution < 1.29 is 22.4 Å². The first-order valence-electron chi connectivity index (χ1n) is 9.49. The molecular formula is C19H18Cl2N4O5S2. The maximum Gasteiger partial charge on any atom is 0.322 e. The lowest BCUT2D eigenvalue weighted by atomic mass is 10.2. The Bertz CT molecular complexity index is 1230. The molecule has 2 atom stereocenters. The number of nitrogens with zero attached hydrogens (tertiary/aromatic N) is 3. The Morgan fingerprint density at radius 1 is 1.16 bits per heavy atom. The summed E-state index contributed by atoms with van der Waals surface area (Å²) in [6.45, 7) is 4.20. The van der Waals surface area contributed by atoms with Crippen LogP contribution in [0.15, 0.2) is 39.6 Å². The van der Waals surface area contributed by atoms with Crippen molar-refractivity contribution in [2.24, 2.45) is 0 Å². The van der Waals surface area contributed by atoms with Gasteiger partial charge in [-0.25, -0.2) is 8.42 Å². The Balaban J connectivity index is 1.46. The van der Waals surface area contributed by atoms with Crippen molar-refractivity contribution in [3.8, 4) is 11.5 Å². The molecule has 0 aliphatic carbocycles. The van der Waals surface area contributed by atoms with Gasteiger partial charge in [0.05, 0.1) is 27.0 Å². The lowest BCUT2D eigenvalue weighted by Gasteiger charge is -2.34. The SMILES string of the molecule is CC1CN(S(=O)(=O)c2ccc(C(=O)Nc3nnc(-c4cc(Cl)sc4Cl)o3)cc2)CC(C)O1. The van der Waals surface area contributed by atoms with Crippen LogP contribution < -0.4 is 5.32 Å². The van der Waals surface area contributed by atoms with Gasteiger partial charge in [-0.3, -0.25) is 10.1 Å². The van der Waals surface area contributed by atoms with Crippen molar-refractivity contribution in [2.75, 3.05) is 18.4 Å². The van der Waals surface area contributed by atoms with Gasteiger partial charge in [0.15, 0.2) is 0 Å². The van der Waals surface area contributed by atoms with E-state index in [1.165, 1.54) is 28.6 Å². The van der Waals surface area contributed by atoms with Crippen molar-refractivity contribution in [3.63, 3.8) is 0 Å². The number of carbonyl (C=O) groups is 1. The van der Waals surface area contributed by atoms with Gasteiger partial charge < -0.3 is 9.15 Å². The fourth-order valence-electron chi connectivity index (χ4n) is 3.29. The Labute approximate surface area is 198 Å². The molecule has 13 heteroatoms. The van der Waals surface area contributed by atoms with Crippen LogP contribution in [0.1, 0.15) is 24.2 Å². The predicted molar refractivity (Wildman–Crippen MR) is 121 cm³/mol. The van der Waals surface area contributed by atoms with Crippen LogP contribution in [0.5, 0.6) is 0 Å². The minimum atomic E-state index is -3.70. The molecule has 170 valence electrons. The predicted octanol–water partition coefficient (Wildman–Crippen LogP) is 4.16. The largest absolute Gasteiger partial charge is 0.403 e. The van der Waals surface area contributed by atoms with E-state index < -0.39 is 15.9 Å². The maximum absolute atomic E-state index is 12.9. The molecule has 2 aromatic heterocycles. The van der Waals surface area contributed by atoms with Gasteiger partial charge >= 0.3 is 6.01 Å². The summed E-state index contributed by atoms with van der Waals surface area (Å²) in [5, 5.41) is 10.1. The van der Waals surface area contributed by atoms with E-state index in [9.17, 15) is 13.2 Å². The average Bonchev–Trinajstić information content (AvgIpc) is 3.32. The number of aromatic nitrogens is 2. The van der Waals surface area contributed by atoms with Gasteiger partial charge in [0.2, 0.25) is 10.0 Å². The molecule has 2 unspecified atom stereocenters. The third-order valence-electron chi connectivity index (χ3n) is 4.67. The molecule has 1 aliphatic heterocycles. The standard InChI is InChI=1S/C19H18Cl2N4O5S2/c1-10-8-25(9-11(2)29-10)32(27,28)13-5-3-12(4-6-13)17(26)22-19-24-23-18(30-19)14-7-15(20)31-16(14)21/h3-7,10-11H,8-9H2,1-2H3,(H,22,24,26). The van der Waals surface area contributed by atoms with E-state index in [2.05, 4.69) is 15.5 Å². The molecule has 0 bridgehead atoms. The zero-order valence-electron chi connectivity index (χ0n) is 16.9. The molecule has 1 aliphatic rings. The molecule has 0 radical (unpaired) electrons. The second-order valence-corrected chi connectivity index (χ2v) is 11.4. The summed E-state index contributed by atoms with van der Waals surface area (Å²) < 4.78 is 39.1. The quantitative estimate of drug-likeness (QED) is 0.541. The Morgan fingerprint density at radius 3 is 2.41 bits per heavy atom. The number of ether oxygens (including phenoxy) is 1. The minimum Gasteiger partial charge on any atom is -0.403 e. The van der Waals surface area contributed by atoms with E-state index in [4.69, 9.17) is 32.4 Å². The molecule has 32 heavy (non-hydrogen) atoms. The summed E-state index contributed by atoms with van der Waals surface area (Å²) in [5.41, 5.74) is 0.694. The zero-order chi connectivity index (χ0) is 23.0. The zero-order valence-corrected chi connectivity index (χ0v) is 20.1. The van der Waals surface area contributed by atoms with Crippen LogP contribution in [0.25, 0.3) is 11.5 Å². The number of sulfonamides is 1. The normalized spacial score (nSPS) is 19.8. The van der Waals surface area contributed by atoms with Crippen molar-refractivity contribution in [1.82, 2.24) is 14.5 Å². The smallest absolute Gasteiger partial charge is 0.322 e. The maximum atomic E-state index is 12.9. The van der Waals surface area contributed by atoms with E-state index >= 15 is 0 Å². The lowest BCUT2D eigenvalue weighted by molar-refractivity contribution is -0.0440. The molecule has 0 spiro atoms. The van der Waals surface area contributed by atoms with Crippen LogP contribution in [-0.4, -0.2) is 54.1 Å². The summed E-state index contributed by atoms with van der Waals surface area (Å²) in [4.78, 5) is 12.6. The summed E-state index contributed by atoms with van der Waals surface area (Å²) in [6, 6.07) is 7.08. The first-order valence-corrected chi connectivity index (χ1v) is 12.5. The van der Waals surface area contributed by atoms with Crippen molar-refractivity contribution in [1.29, 1.82) is 0 Å². The molecule has 3 aromatic rings. The van der Waals surface area contributed by atoms with Gasteiger partial charge in [0.1, 0.15) is 4.34 Å². The summed E-state index contributed by atoms with van der Waals surface area (Å²) >= 11 is 13.1. The lowest BCUT2D eigenvalue weighted by Crippen LogP contribution is -2.48. The van der Waals surface area contributed by atoms with E-state index in [0.717, 1.165) is 11.3 Å². The fourth-order valence-corrected chi connectivity index (χ4v) is 6.33. The number of rotatable bonds is 5. The number of anilines is 1. The van der Waals surface area contributed by atoms with Crippen LogP contribution in [0.4, 0.5) is 6.01 Å². The Morgan fingerprint density at radius 2 is 1.81 bits per heavy atom. The fraction of sp³-hybridized carbons (Fsp3) is 0.316. The summed E-state index contributed by atoms with van der Waals surface area (Å²) in [5.74, 6) is -0.420. The highest BCUT2D eigenvalue weighted by molar-refractivity contribution is 7.89. The Kier molecular flexibility index (Phi) is 6.57.